The fourth-order valence-electron chi connectivity index (χ4n) is 2.58. The van der Waals surface area contributed by atoms with Gasteiger partial charge in [0.25, 0.3) is 0 Å². The van der Waals surface area contributed by atoms with Gasteiger partial charge in [-0.2, -0.15) is 0 Å². The number of aromatic amines is 1. The van der Waals surface area contributed by atoms with Gasteiger partial charge >= 0.3 is 11.7 Å². The van der Waals surface area contributed by atoms with E-state index in [9.17, 15) is 9.59 Å². The number of aromatic carboxylic acids is 1. The van der Waals surface area contributed by atoms with Gasteiger partial charge in [0, 0.05) is 6.54 Å². The standard InChI is InChI=1S/C14H16N2O3/c1-14(2)6-9(14)7-16-11-5-8(12(17)18)3-4-10(11)15-13(16)19/h3-5,9H,6-7H2,1-2H3,(H,15,19)(H,17,18). The van der Waals surface area contributed by atoms with Crippen molar-refractivity contribution in [3.8, 4) is 0 Å². The van der Waals surface area contributed by atoms with E-state index in [0.717, 1.165) is 6.42 Å². The first-order valence-corrected chi connectivity index (χ1v) is 6.34. The molecular formula is C14H16N2O3. The number of carbonyl (C=O) groups is 1. The summed E-state index contributed by atoms with van der Waals surface area (Å²) in [7, 11) is 0. The Labute approximate surface area is 109 Å². The number of carboxylic acids is 1. The molecule has 0 saturated heterocycles. The van der Waals surface area contributed by atoms with Gasteiger partial charge in [-0.1, -0.05) is 13.8 Å². The lowest BCUT2D eigenvalue weighted by atomic mass is 10.1. The van der Waals surface area contributed by atoms with Crippen LogP contribution in [0.15, 0.2) is 23.0 Å². The number of hydrogen-bond acceptors (Lipinski definition) is 2. The van der Waals surface area contributed by atoms with Gasteiger partial charge in [0.2, 0.25) is 0 Å². The Hall–Kier alpha value is -2.04. The van der Waals surface area contributed by atoms with Crippen molar-refractivity contribution in [1.82, 2.24) is 9.55 Å². The molecule has 5 heteroatoms. The minimum Gasteiger partial charge on any atom is -0.478 e. The maximum atomic E-state index is 12.0. The highest BCUT2D eigenvalue weighted by Crippen LogP contribution is 2.52. The molecule has 1 aromatic heterocycles. The molecule has 2 aromatic rings. The van der Waals surface area contributed by atoms with E-state index < -0.39 is 5.97 Å². The van der Waals surface area contributed by atoms with Gasteiger partial charge in [-0.25, -0.2) is 9.59 Å². The van der Waals surface area contributed by atoms with Crippen molar-refractivity contribution in [1.29, 1.82) is 0 Å². The Bertz CT molecular complexity index is 724. The minimum atomic E-state index is -0.978. The van der Waals surface area contributed by atoms with Crippen molar-refractivity contribution in [3.63, 3.8) is 0 Å². The number of nitrogens with zero attached hydrogens (tertiary/aromatic N) is 1. The van der Waals surface area contributed by atoms with Crippen LogP contribution in [0, 0.1) is 11.3 Å². The van der Waals surface area contributed by atoms with E-state index in [-0.39, 0.29) is 16.7 Å². The fraction of sp³-hybridized carbons (Fsp3) is 0.429. The zero-order chi connectivity index (χ0) is 13.8. The first kappa shape index (κ1) is 12.0. The molecule has 3 rings (SSSR count). The Morgan fingerprint density at radius 1 is 1.53 bits per heavy atom. The number of fused-ring (bicyclic) bond motifs is 1. The number of benzene rings is 1. The number of hydrogen-bond donors (Lipinski definition) is 2. The average Bonchev–Trinajstić information content (AvgIpc) is 2.80. The zero-order valence-corrected chi connectivity index (χ0v) is 10.9. The van der Waals surface area contributed by atoms with Gasteiger partial charge in [0.1, 0.15) is 0 Å². The average molecular weight is 260 g/mol. The van der Waals surface area contributed by atoms with Gasteiger partial charge in [0.05, 0.1) is 16.6 Å². The summed E-state index contributed by atoms with van der Waals surface area (Å²) in [5.74, 6) is -0.494. The smallest absolute Gasteiger partial charge is 0.335 e. The molecule has 1 fully saturated rings. The normalized spacial score (nSPS) is 20.6. The number of rotatable bonds is 3. The van der Waals surface area contributed by atoms with Gasteiger partial charge in [0.15, 0.2) is 0 Å². The molecule has 2 N–H and O–H groups in total. The Morgan fingerprint density at radius 2 is 2.21 bits per heavy atom. The molecule has 0 radical (unpaired) electrons. The first-order valence-electron chi connectivity index (χ1n) is 6.34. The predicted octanol–water partition coefficient (Wildman–Crippen LogP) is 2.07. The molecule has 0 aliphatic heterocycles. The quantitative estimate of drug-likeness (QED) is 0.887. The maximum absolute atomic E-state index is 12.0. The van der Waals surface area contributed by atoms with Crippen molar-refractivity contribution >= 4 is 17.0 Å². The molecule has 100 valence electrons. The van der Waals surface area contributed by atoms with Crippen molar-refractivity contribution in [2.24, 2.45) is 11.3 Å². The third-order valence-electron chi connectivity index (χ3n) is 4.14. The molecular weight excluding hydrogens is 244 g/mol. The van der Waals surface area contributed by atoms with E-state index in [4.69, 9.17) is 5.11 Å². The summed E-state index contributed by atoms with van der Waals surface area (Å²) in [5.41, 5.74) is 1.68. The second-order valence-electron chi connectivity index (χ2n) is 5.97. The SMILES string of the molecule is CC1(C)CC1Cn1c(=O)[nH]c2ccc(C(=O)O)cc21. The van der Waals surface area contributed by atoms with Crippen molar-refractivity contribution in [2.45, 2.75) is 26.8 Å². The second kappa shape index (κ2) is 3.73. The zero-order valence-electron chi connectivity index (χ0n) is 10.9. The summed E-state index contributed by atoms with van der Waals surface area (Å²) in [4.78, 5) is 25.7. The molecule has 19 heavy (non-hydrogen) atoms. The van der Waals surface area contributed by atoms with Crippen LogP contribution in [0.5, 0.6) is 0 Å². The molecule has 1 saturated carbocycles. The van der Waals surface area contributed by atoms with E-state index in [0.29, 0.717) is 23.5 Å². The largest absolute Gasteiger partial charge is 0.478 e. The van der Waals surface area contributed by atoms with E-state index in [1.165, 1.54) is 6.07 Å². The lowest BCUT2D eigenvalue weighted by Crippen LogP contribution is -2.18. The second-order valence-corrected chi connectivity index (χ2v) is 5.97. The number of imidazole rings is 1. The van der Waals surface area contributed by atoms with Crippen LogP contribution in [-0.2, 0) is 6.54 Å². The summed E-state index contributed by atoms with van der Waals surface area (Å²) in [6, 6.07) is 4.71. The summed E-state index contributed by atoms with van der Waals surface area (Å²) in [5, 5.41) is 9.02. The molecule has 0 spiro atoms. The molecule has 0 amide bonds. The van der Waals surface area contributed by atoms with Crippen LogP contribution in [0.4, 0.5) is 0 Å². The fourth-order valence-corrected chi connectivity index (χ4v) is 2.58. The molecule has 1 atom stereocenters. The Kier molecular flexibility index (Phi) is 2.36. The van der Waals surface area contributed by atoms with Crippen LogP contribution in [0.3, 0.4) is 0 Å². The predicted molar refractivity (Wildman–Crippen MR) is 71.4 cm³/mol. The van der Waals surface area contributed by atoms with Crippen LogP contribution in [0.1, 0.15) is 30.6 Å². The maximum Gasteiger partial charge on any atom is 0.335 e. The third-order valence-corrected chi connectivity index (χ3v) is 4.14. The third kappa shape index (κ3) is 1.95. The molecule has 0 bridgehead atoms. The van der Waals surface area contributed by atoms with Crippen LogP contribution < -0.4 is 5.69 Å². The van der Waals surface area contributed by atoms with Crippen molar-refractivity contribution < 1.29 is 9.90 Å². The van der Waals surface area contributed by atoms with Crippen LogP contribution in [0.25, 0.3) is 11.0 Å². The molecule has 1 aliphatic carbocycles. The minimum absolute atomic E-state index is 0.166. The van der Waals surface area contributed by atoms with Crippen LogP contribution in [0.2, 0.25) is 0 Å². The van der Waals surface area contributed by atoms with E-state index in [1.807, 2.05) is 0 Å². The monoisotopic (exact) mass is 260 g/mol. The molecule has 1 heterocycles. The highest BCUT2D eigenvalue weighted by molar-refractivity contribution is 5.92. The Morgan fingerprint density at radius 3 is 2.79 bits per heavy atom. The van der Waals surface area contributed by atoms with Crippen molar-refractivity contribution in [2.75, 3.05) is 0 Å². The lowest BCUT2D eigenvalue weighted by molar-refractivity contribution is 0.0697. The molecule has 1 aliphatic rings. The highest BCUT2D eigenvalue weighted by Gasteiger charge is 2.45. The van der Waals surface area contributed by atoms with Gasteiger partial charge < -0.3 is 10.1 Å². The van der Waals surface area contributed by atoms with Crippen LogP contribution >= 0.6 is 0 Å². The number of carboxylic acid groups (broad SMARTS) is 1. The summed E-state index contributed by atoms with van der Waals surface area (Å²) >= 11 is 0. The van der Waals surface area contributed by atoms with E-state index >= 15 is 0 Å². The van der Waals surface area contributed by atoms with Gasteiger partial charge in [-0.15, -0.1) is 0 Å². The number of aromatic nitrogens is 2. The van der Waals surface area contributed by atoms with Crippen LogP contribution in [-0.4, -0.2) is 20.6 Å². The Balaban J connectivity index is 2.07. The summed E-state index contributed by atoms with van der Waals surface area (Å²) in [6.45, 7) is 5.01. The molecule has 1 unspecified atom stereocenters. The highest BCUT2D eigenvalue weighted by atomic mass is 16.4. The van der Waals surface area contributed by atoms with Crippen molar-refractivity contribution in [3.05, 3.63) is 34.2 Å². The van der Waals surface area contributed by atoms with E-state index in [2.05, 4.69) is 18.8 Å². The van der Waals surface area contributed by atoms with Gasteiger partial charge in [-0.05, 0) is 36.0 Å². The summed E-state index contributed by atoms with van der Waals surface area (Å²) < 4.78 is 1.65. The summed E-state index contributed by atoms with van der Waals surface area (Å²) in [6.07, 6.45) is 1.10. The molecule has 1 aromatic carbocycles. The molecule has 5 nitrogen and oxygen atoms in total. The topological polar surface area (TPSA) is 75.1 Å². The first-order chi connectivity index (χ1) is 8.88. The lowest BCUT2D eigenvalue weighted by Gasteiger charge is -2.05. The van der Waals surface area contributed by atoms with E-state index in [1.54, 1.807) is 16.7 Å². The van der Waals surface area contributed by atoms with Gasteiger partial charge in [-0.3, -0.25) is 4.57 Å². The number of H-pyrrole nitrogens is 1. The number of nitrogens with one attached hydrogen (secondary N) is 1.